The van der Waals surface area contributed by atoms with Gasteiger partial charge in [-0.1, -0.05) is 19.1 Å². The number of H-pyrrole nitrogens is 1. The Kier molecular flexibility index (Phi) is 2.85. The first-order chi connectivity index (χ1) is 8.36. The second kappa shape index (κ2) is 4.49. The molecule has 90 valence electrons. The molecule has 1 unspecified atom stereocenters. The number of aryl methyl sites for hydroxylation is 1. The Hall–Kier alpha value is -1.35. The first-order valence-electron chi connectivity index (χ1n) is 6.54. The van der Waals surface area contributed by atoms with E-state index in [1.165, 1.54) is 17.5 Å². The number of nitrogens with one attached hydrogen (secondary N) is 2. The molecule has 0 bridgehead atoms. The van der Waals surface area contributed by atoms with Crippen LogP contribution in [0.15, 0.2) is 18.2 Å². The molecule has 0 radical (unpaired) electrons. The van der Waals surface area contributed by atoms with Crippen molar-refractivity contribution in [3.05, 3.63) is 29.6 Å². The van der Waals surface area contributed by atoms with Gasteiger partial charge in [0.05, 0.1) is 11.0 Å². The molecule has 1 atom stereocenters. The lowest BCUT2D eigenvalue weighted by Crippen LogP contribution is -2.11. The standard InChI is InChI=1S/C14H19N3/c1-2-11-4-3-5-12-14(11)17-13(16-12)8-10-6-7-15-9-10/h3-5,10,15H,2,6-9H2,1H3,(H,16,17). The third-order valence-electron chi connectivity index (χ3n) is 3.67. The highest BCUT2D eigenvalue weighted by molar-refractivity contribution is 5.78. The van der Waals surface area contributed by atoms with Gasteiger partial charge in [-0.2, -0.15) is 0 Å². The molecule has 3 rings (SSSR count). The minimum Gasteiger partial charge on any atom is -0.342 e. The molecule has 1 aliphatic heterocycles. The number of aromatic amines is 1. The van der Waals surface area contributed by atoms with E-state index in [-0.39, 0.29) is 0 Å². The highest BCUT2D eigenvalue weighted by Crippen LogP contribution is 2.20. The molecule has 1 aromatic carbocycles. The maximum absolute atomic E-state index is 4.76. The van der Waals surface area contributed by atoms with Gasteiger partial charge >= 0.3 is 0 Å². The van der Waals surface area contributed by atoms with E-state index in [0.717, 1.165) is 43.2 Å². The number of hydrogen-bond acceptors (Lipinski definition) is 2. The molecule has 1 aromatic heterocycles. The van der Waals surface area contributed by atoms with E-state index in [1.54, 1.807) is 0 Å². The second-order valence-electron chi connectivity index (χ2n) is 4.91. The van der Waals surface area contributed by atoms with E-state index in [0.29, 0.717) is 0 Å². The molecule has 0 spiro atoms. The van der Waals surface area contributed by atoms with Gasteiger partial charge < -0.3 is 10.3 Å². The zero-order chi connectivity index (χ0) is 11.7. The van der Waals surface area contributed by atoms with Crippen LogP contribution in [-0.2, 0) is 12.8 Å². The Morgan fingerprint density at radius 3 is 3.12 bits per heavy atom. The molecule has 2 N–H and O–H groups in total. The molecule has 1 saturated heterocycles. The number of hydrogen-bond donors (Lipinski definition) is 2. The number of rotatable bonds is 3. The van der Waals surface area contributed by atoms with Crippen molar-refractivity contribution in [2.75, 3.05) is 13.1 Å². The second-order valence-corrected chi connectivity index (χ2v) is 4.91. The van der Waals surface area contributed by atoms with E-state index in [2.05, 4.69) is 35.4 Å². The monoisotopic (exact) mass is 229 g/mol. The van der Waals surface area contributed by atoms with Crippen LogP contribution in [-0.4, -0.2) is 23.1 Å². The van der Waals surface area contributed by atoms with E-state index < -0.39 is 0 Å². The molecule has 0 aliphatic carbocycles. The third kappa shape index (κ3) is 2.07. The van der Waals surface area contributed by atoms with Gasteiger partial charge in [0.15, 0.2) is 0 Å². The van der Waals surface area contributed by atoms with Gasteiger partial charge in [0.2, 0.25) is 0 Å². The fourth-order valence-electron chi connectivity index (χ4n) is 2.69. The summed E-state index contributed by atoms with van der Waals surface area (Å²) in [5.74, 6) is 1.90. The Bertz CT molecular complexity index is 509. The predicted octanol–water partition coefficient (Wildman–Crippen LogP) is 2.28. The summed E-state index contributed by atoms with van der Waals surface area (Å²) in [6, 6.07) is 6.40. The van der Waals surface area contributed by atoms with Gasteiger partial charge in [-0.25, -0.2) is 4.98 Å². The van der Waals surface area contributed by atoms with Crippen LogP contribution in [0.4, 0.5) is 0 Å². The molecule has 2 aromatic rings. The molecule has 3 nitrogen and oxygen atoms in total. The summed E-state index contributed by atoms with van der Waals surface area (Å²) in [6.45, 7) is 4.48. The fraction of sp³-hybridized carbons (Fsp3) is 0.500. The van der Waals surface area contributed by atoms with Gasteiger partial charge in [-0.05, 0) is 43.5 Å². The van der Waals surface area contributed by atoms with Gasteiger partial charge in [-0.3, -0.25) is 0 Å². The van der Waals surface area contributed by atoms with E-state index in [4.69, 9.17) is 4.98 Å². The van der Waals surface area contributed by atoms with Crippen LogP contribution in [0.25, 0.3) is 11.0 Å². The van der Waals surface area contributed by atoms with Crippen molar-refractivity contribution in [1.82, 2.24) is 15.3 Å². The molecular weight excluding hydrogens is 210 g/mol. The van der Waals surface area contributed by atoms with Crippen LogP contribution in [0.3, 0.4) is 0 Å². The summed E-state index contributed by atoms with van der Waals surface area (Å²) in [5.41, 5.74) is 3.69. The fourth-order valence-corrected chi connectivity index (χ4v) is 2.69. The molecular formula is C14H19N3. The van der Waals surface area contributed by atoms with Crippen LogP contribution < -0.4 is 5.32 Å². The minimum atomic E-state index is 0.751. The summed E-state index contributed by atoms with van der Waals surface area (Å²) in [4.78, 5) is 8.22. The highest BCUT2D eigenvalue weighted by Gasteiger charge is 2.17. The first-order valence-corrected chi connectivity index (χ1v) is 6.54. The van der Waals surface area contributed by atoms with Crippen LogP contribution >= 0.6 is 0 Å². The lowest BCUT2D eigenvalue weighted by Gasteiger charge is -2.03. The summed E-state index contributed by atoms with van der Waals surface area (Å²) >= 11 is 0. The van der Waals surface area contributed by atoms with Crippen molar-refractivity contribution in [2.24, 2.45) is 5.92 Å². The molecule has 2 heterocycles. The normalized spacial score (nSPS) is 20.2. The Labute approximate surface area is 102 Å². The van der Waals surface area contributed by atoms with Gasteiger partial charge in [0.1, 0.15) is 5.82 Å². The third-order valence-corrected chi connectivity index (χ3v) is 3.67. The molecule has 3 heteroatoms. The van der Waals surface area contributed by atoms with Crippen molar-refractivity contribution in [2.45, 2.75) is 26.2 Å². The van der Waals surface area contributed by atoms with E-state index >= 15 is 0 Å². The van der Waals surface area contributed by atoms with Gasteiger partial charge in [0.25, 0.3) is 0 Å². The highest BCUT2D eigenvalue weighted by atomic mass is 14.9. The zero-order valence-electron chi connectivity index (χ0n) is 10.3. The summed E-state index contributed by atoms with van der Waals surface area (Å²) in [7, 11) is 0. The summed E-state index contributed by atoms with van der Waals surface area (Å²) in [6.07, 6.45) is 3.40. The summed E-state index contributed by atoms with van der Waals surface area (Å²) in [5, 5.41) is 3.41. The molecule has 17 heavy (non-hydrogen) atoms. The SMILES string of the molecule is CCc1cccc2[nH]c(CC3CCNC3)nc12. The van der Waals surface area contributed by atoms with Crippen LogP contribution in [0, 0.1) is 5.92 Å². The van der Waals surface area contributed by atoms with Crippen LogP contribution in [0.2, 0.25) is 0 Å². The lowest BCUT2D eigenvalue weighted by molar-refractivity contribution is 0.565. The maximum Gasteiger partial charge on any atom is 0.107 e. The van der Waals surface area contributed by atoms with E-state index in [9.17, 15) is 0 Å². The summed E-state index contributed by atoms with van der Waals surface area (Å²) < 4.78 is 0. The number of nitrogens with zero attached hydrogens (tertiary/aromatic N) is 1. The average molecular weight is 229 g/mol. The van der Waals surface area contributed by atoms with Gasteiger partial charge in [-0.15, -0.1) is 0 Å². The predicted molar refractivity (Wildman–Crippen MR) is 70.2 cm³/mol. The number of imidazole rings is 1. The number of fused-ring (bicyclic) bond motifs is 1. The molecule has 1 aliphatic rings. The zero-order valence-corrected chi connectivity index (χ0v) is 10.3. The average Bonchev–Trinajstić information content (AvgIpc) is 2.97. The van der Waals surface area contributed by atoms with E-state index in [1.807, 2.05) is 0 Å². The van der Waals surface area contributed by atoms with Gasteiger partial charge in [0, 0.05) is 6.42 Å². The Morgan fingerprint density at radius 2 is 2.35 bits per heavy atom. The van der Waals surface area contributed by atoms with Crippen molar-refractivity contribution < 1.29 is 0 Å². The maximum atomic E-state index is 4.76. The van der Waals surface area contributed by atoms with Crippen molar-refractivity contribution in [3.8, 4) is 0 Å². The van der Waals surface area contributed by atoms with Crippen molar-refractivity contribution in [3.63, 3.8) is 0 Å². The first kappa shape index (κ1) is 10.8. The topological polar surface area (TPSA) is 40.7 Å². The number of aromatic nitrogens is 2. The van der Waals surface area contributed by atoms with Crippen molar-refractivity contribution in [1.29, 1.82) is 0 Å². The molecule has 0 amide bonds. The molecule has 1 fully saturated rings. The molecule has 0 saturated carbocycles. The quantitative estimate of drug-likeness (QED) is 0.847. The minimum absolute atomic E-state index is 0.751. The number of benzene rings is 1. The van der Waals surface area contributed by atoms with Crippen LogP contribution in [0.1, 0.15) is 24.7 Å². The Balaban J connectivity index is 1.90. The van der Waals surface area contributed by atoms with Crippen molar-refractivity contribution >= 4 is 11.0 Å². The Morgan fingerprint density at radius 1 is 1.41 bits per heavy atom. The smallest absolute Gasteiger partial charge is 0.107 e. The van der Waals surface area contributed by atoms with Crippen LogP contribution in [0.5, 0.6) is 0 Å². The largest absolute Gasteiger partial charge is 0.342 e. The lowest BCUT2D eigenvalue weighted by atomic mass is 10.1. The number of para-hydroxylation sites is 1.